The van der Waals surface area contributed by atoms with Gasteiger partial charge in [0.2, 0.25) is 0 Å². The van der Waals surface area contributed by atoms with Gasteiger partial charge < -0.3 is 14.3 Å². The van der Waals surface area contributed by atoms with Crippen LogP contribution in [0.15, 0.2) is 34.7 Å². The molecular formula is C12H14O3. The second-order valence-corrected chi connectivity index (χ2v) is 3.48. The standard InChI is InChI=1S/C12H14O3/c1-14-7-6-10(13)12-8-9-4-2-3-5-11(9)15-12/h2-5,8,10,13H,6-7H2,1H3. The summed E-state index contributed by atoms with van der Waals surface area (Å²) in [5.41, 5.74) is 0.809. The zero-order valence-corrected chi connectivity index (χ0v) is 8.64. The molecule has 0 bridgehead atoms. The van der Waals surface area contributed by atoms with Crippen molar-refractivity contribution < 1.29 is 14.3 Å². The van der Waals surface area contributed by atoms with Gasteiger partial charge in [0, 0.05) is 25.5 Å². The van der Waals surface area contributed by atoms with Gasteiger partial charge in [0.15, 0.2) is 0 Å². The topological polar surface area (TPSA) is 42.6 Å². The first kappa shape index (κ1) is 10.2. The van der Waals surface area contributed by atoms with E-state index in [1.165, 1.54) is 0 Å². The van der Waals surface area contributed by atoms with Gasteiger partial charge in [0.05, 0.1) is 0 Å². The number of rotatable bonds is 4. The number of furan rings is 1. The maximum absolute atomic E-state index is 9.78. The van der Waals surface area contributed by atoms with Crippen molar-refractivity contribution in [2.75, 3.05) is 13.7 Å². The number of fused-ring (bicyclic) bond motifs is 1. The predicted octanol–water partition coefficient (Wildman–Crippen LogP) is 2.50. The molecule has 1 unspecified atom stereocenters. The largest absolute Gasteiger partial charge is 0.458 e. The fraction of sp³-hybridized carbons (Fsp3) is 0.333. The van der Waals surface area contributed by atoms with Gasteiger partial charge in [-0.3, -0.25) is 0 Å². The zero-order valence-electron chi connectivity index (χ0n) is 8.64. The van der Waals surface area contributed by atoms with Crippen molar-refractivity contribution in [3.63, 3.8) is 0 Å². The molecule has 0 spiro atoms. The van der Waals surface area contributed by atoms with Crippen LogP contribution in [-0.2, 0) is 4.74 Å². The van der Waals surface area contributed by atoms with Crippen LogP contribution in [0.4, 0.5) is 0 Å². The lowest BCUT2D eigenvalue weighted by atomic mass is 10.2. The smallest absolute Gasteiger partial charge is 0.134 e. The Bertz CT molecular complexity index is 400. The normalized spacial score (nSPS) is 13.2. The third-order valence-electron chi connectivity index (χ3n) is 2.37. The highest BCUT2D eigenvalue weighted by atomic mass is 16.5. The molecule has 0 amide bonds. The van der Waals surface area contributed by atoms with Gasteiger partial charge in [-0.05, 0) is 12.1 Å². The second-order valence-electron chi connectivity index (χ2n) is 3.48. The minimum atomic E-state index is -0.586. The molecule has 1 heterocycles. The molecule has 80 valence electrons. The summed E-state index contributed by atoms with van der Waals surface area (Å²) < 4.78 is 10.4. The molecule has 1 N–H and O–H groups in total. The molecule has 0 fully saturated rings. The molecule has 1 aromatic carbocycles. The van der Waals surface area contributed by atoms with Gasteiger partial charge in [-0.1, -0.05) is 18.2 Å². The van der Waals surface area contributed by atoms with Crippen LogP contribution in [0.1, 0.15) is 18.3 Å². The molecule has 0 radical (unpaired) electrons. The van der Waals surface area contributed by atoms with Crippen molar-refractivity contribution in [3.8, 4) is 0 Å². The van der Waals surface area contributed by atoms with Gasteiger partial charge in [0.25, 0.3) is 0 Å². The summed E-state index contributed by atoms with van der Waals surface area (Å²) >= 11 is 0. The van der Waals surface area contributed by atoms with E-state index in [1.807, 2.05) is 30.3 Å². The first-order valence-electron chi connectivity index (χ1n) is 4.96. The van der Waals surface area contributed by atoms with Gasteiger partial charge in [-0.25, -0.2) is 0 Å². The first-order chi connectivity index (χ1) is 7.31. The summed E-state index contributed by atoms with van der Waals surface area (Å²) in [5.74, 6) is 0.605. The number of para-hydroxylation sites is 1. The van der Waals surface area contributed by atoms with Crippen LogP contribution in [0, 0.1) is 0 Å². The minimum Gasteiger partial charge on any atom is -0.458 e. The van der Waals surface area contributed by atoms with E-state index in [9.17, 15) is 5.11 Å². The van der Waals surface area contributed by atoms with Crippen molar-refractivity contribution >= 4 is 11.0 Å². The van der Waals surface area contributed by atoms with E-state index in [4.69, 9.17) is 9.15 Å². The van der Waals surface area contributed by atoms with E-state index >= 15 is 0 Å². The maximum atomic E-state index is 9.78. The lowest BCUT2D eigenvalue weighted by Gasteiger charge is -2.05. The second kappa shape index (κ2) is 4.47. The molecule has 15 heavy (non-hydrogen) atoms. The van der Waals surface area contributed by atoms with Crippen molar-refractivity contribution in [1.29, 1.82) is 0 Å². The summed E-state index contributed by atoms with van der Waals surface area (Å²) in [6.45, 7) is 0.526. The van der Waals surface area contributed by atoms with Crippen LogP contribution in [0.3, 0.4) is 0 Å². The number of hydrogen-bond acceptors (Lipinski definition) is 3. The summed E-state index contributed by atoms with van der Waals surface area (Å²) in [5, 5.41) is 10.8. The molecular weight excluding hydrogens is 192 g/mol. The third-order valence-corrected chi connectivity index (χ3v) is 2.37. The molecule has 2 rings (SSSR count). The molecule has 0 aliphatic rings. The lowest BCUT2D eigenvalue weighted by molar-refractivity contribution is 0.0960. The fourth-order valence-corrected chi connectivity index (χ4v) is 1.54. The average molecular weight is 206 g/mol. The maximum Gasteiger partial charge on any atom is 0.134 e. The van der Waals surface area contributed by atoms with Gasteiger partial charge in [-0.2, -0.15) is 0 Å². The Labute approximate surface area is 88.3 Å². The Morgan fingerprint density at radius 3 is 2.93 bits per heavy atom. The van der Waals surface area contributed by atoms with E-state index in [1.54, 1.807) is 7.11 Å². The third kappa shape index (κ3) is 2.19. The van der Waals surface area contributed by atoms with E-state index in [-0.39, 0.29) is 0 Å². The van der Waals surface area contributed by atoms with Gasteiger partial charge in [-0.15, -0.1) is 0 Å². The number of ether oxygens (including phenoxy) is 1. The molecule has 3 nitrogen and oxygen atoms in total. The van der Waals surface area contributed by atoms with Crippen LogP contribution in [-0.4, -0.2) is 18.8 Å². The van der Waals surface area contributed by atoms with Crippen LogP contribution in [0.5, 0.6) is 0 Å². The molecule has 1 atom stereocenters. The van der Waals surface area contributed by atoms with Crippen LogP contribution >= 0.6 is 0 Å². The van der Waals surface area contributed by atoms with E-state index in [2.05, 4.69) is 0 Å². The molecule has 0 saturated heterocycles. The number of benzene rings is 1. The number of aliphatic hydroxyl groups excluding tert-OH is 1. The highest BCUT2D eigenvalue weighted by Gasteiger charge is 2.12. The first-order valence-corrected chi connectivity index (χ1v) is 4.96. The Hall–Kier alpha value is -1.32. The van der Waals surface area contributed by atoms with Crippen molar-refractivity contribution in [2.24, 2.45) is 0 Å². The summed E-state index contributed by atoms with van der Waals surface area (Å²) in [6, 6.07) is 9.59. The molecule has 0 aliphatic carbocycles. The van der Waals surface area contributed by atoms with E-state index in [0.717, 1.165) is 11.0 Å². The monoisotopic (exact) mass is 206 g/mol. The van der Waals surface area contributed by atoms with E-state index < -0.39 is 6.10 Å². The van der Waals surface area contributed by atoms with Crippen LogP contribution < -0.4 is 0 Å². The van der Waals surface area contributed by atoms with Gasteiger partial charge in [0.1, 0.15) is 17.4 Å². The van der Waals surface area contributed by atoms with Crippen molar-refractivity contribution in [1.82, 2.24) is 0 Å². The zero-order chi connectivity index (χ0) is 10.7. The molecule has 0 aliphatic heterocycles. The average Bonchev–Trinajstić information content (AvgIpc) is 2.69. The fourth-order valence-electron chi connectivity index (χ4n) is 1.54. The molecule has 2 aromatic rings. The summed E-state index contributed by atoms with van der Waals surface area (Å²) in [7, 11) is 1.62. The Morgan fingerprint density at radius 2 is 2.20 bits per heavy atom. The van der Waals surface area contributed by atoms with Crippen molar-refractivity contribution in [3.05, 3.63) is 36.1 Å². The molecule has 3 heteroatoms. The highest BCUT2D eigenvalue weighted by Crippen LogP contribution is 2.25. The summed E-state index contributed by atoms with van der Waals surface area (Å²) in [4.78, 5) is 0. The molecule has 1 aromatic heterocycles. The predicted molar refractivity (Wildman–Crippen MR) is 57.7 cm³/mol. The Balaban J connectivity index is 2.20. The number of aliphatic hydroxyl groups is 1. The lowest BCUT2D eigenvalue weighted by Crippen LogP contribution is -2.00. The van der Waals surface area contributed by atoms with Crippen LogP contribution in [0.2, 0.25) is 0 Å². The quantitative estimate of drug-likeness (QED) is 0.835. The van der Waals surface area contributed by atoms with E-state index in [0.29, 0.717) is 18.8 Å². The summed E-state index contributed by atoms with van der Waals surface area (Å²) in [6.07, 6.45) is -0.0339. The minimum absolute atomic E-state index is 0.526. The Morgan fingerprint density at radius 1 is 1.40 bits per heavy atom. The van der Waals surface area contributed by atoms with Crippen molar-refractivity contribution in [2.45, 2.75) is 12.5 Å². The highest BCUT2D eigenvalue weighted by molar-refractivity contribution is 5.77. The molecule has 0 saturated carbocycles. The number of methoxy groups -OCH3 is 1. The SMILES string of the molecule is COCCC(O)c1cc2ccccc2o1. The number of hydrogen-bond donors (Lipinski definition) is 1. The van der Waals surface area contributed by atoms with Gasteiger partial charge >= 0.3 is 0 Å². The van der Waals surface area contributed by atoms with Crippen LogP contribution in [0.25, 0.3) is 11.0 Å². The Kier molecular flexibility index (Phi) is 3.04.